The maximum absolute atomic E-state index is 11.1. The number of hydrogen-bond donors (Lipinski definition) is 1. The van der Waals surface area contributed by atoms with Gasteiger partial charge in [0.1, 0.15) is 5.75 Å². The lowest BCUT2D eigenvalue weighted by Gasteiger charge is -2.18. The molecular formula is C27H38O3. The molecule has 3 heteroatoms. The molecule has 2 rings (SSSR count). The van der Waals surface area contributed by atoms with Gasteiger partial charge < -0.3 is 9.84 Å². The molecule has 0 atom stereocenters. The van der Waals surface area contributed by atoms with Crippen molar-refractivity contribution in [3.8, 4) is 5.75 Å². The van der Waals surface area contributed by atoms with E-state index in [9.17, 15) is 4.79 Å². The van der Waals surface area contributed by atoms with Crippen LogP contribution < -0.4 is 4.74 Å². The van der Waals surface area contributed by atoms with Crippen molar-refractivity contribution < 1.29 is 14.6 Å². The fourth-order valence-corrected chi connectivity index (χ4v) is 3.55. The average molecular weight is 411 g/mol. The van der Waals surface area contributed by atoms with Crippen LogP contribution in [-0.4, -0.2) is 17.7 Å². The molecular weight excluding hydrogens is 372 g/mol. The summed E-state index contributed by atoms with van der Waals surface area (Å²) in [4.78, 5) is 11.1. The molecule has 0 aliphatic carbocycles. The van der Waals surface area contributed by atoms with Crippen molar-refractivity contribution in [3.63, 3.8) is 0 Å². The van der Waals surface area contributed by atoms with Gasteiger partial charge in [0.25, 0.3) is 0 Å². The minimum absolute atomic E-state index is 0.600. The summed E-state index contributed by atoms with van der Waals surface area (Å²) in [5.41, 5.74) is 2.20. The normalized spacial score (nSPS) is 11.4. The summed E-state index contributed by atoms with van der Waals surface area (Å²) in [6, 6.07) is 19.2. The van der Waals surface area contributed by atoms with Crippen molar-refractivity contribution in [2.75, 3.05) is 6.61 Å². The van der Waals surface area contributed by atoms with Crippen molar-refractivity contribution in [3.05, 3.63) is 65.7 Å². The van der Waals surface area contributed by atoms with Gasteiger partial charge in [0, 0.05) is 0 Å². The van der Waals surface area contributed by atoms with Gasteiger partial charge in [-0.3, -0.25) is 4.79 Å². The van der Waals surface area contributed by atoms with Gasteiger partial charge in [0.05, 0.1) is 12.0 Å². The highest BCUT2D eigenvalue weighted by Crippen LogP contribution is 2.24. The highest BCUT2D eigenvalue weighted by molar-refractivity contribution is 5.73. The number of aliphatic carboxylic acids is 1. The predicted octanol–water partition coefficient (Wildman–Crippen LogP) is 7.08. The average Bonchev–Trinajstić information content (AvgIpc) is 2.74. The van der Waals surface area contributed by atoms with Gasteiger partial charge in [0.15, 0.2) is 0 Å². The third-order valence-corrected chi connectivity index (χ3v) is 5.74. The standard InChI is InChI=1S/C27H38O3/c1-27(2,26(28)29)21-11-4-3-5-12-22-30-25-19-17-24(18-20-25)16-10-9-15-23-13-7-6-8-14-23/h6-8,13-14,17-20H,3-5,9-12,15-16,21-22H2,1-2H3,(H,28,29). The first-order valence-electron chi connectivity index (χ1n) is 11.5. The van der Waals surface area contributed by atoms with Gasteiger partial charge in [-0.15, -0.1) is 0 Å². The Morgan fingerprint density at radius 1 is 0.767 bits per heavy atom. The molecule has 2 aromatic carbocycles. The number of rotatable bonds is 15. The zero-order chi connectivity index (χ0) is 21.7. The fraction of sp³-hybridized carbons (Fsp3) is 0.519. The third kappa shape index (κ3) is 9.47. The molecule has 164 valence electrons. The Hall–Kier alpha value is -2.29. The van der Waals surface area contributed by atoms with Gasteiger partial charge in [-0.2, -0.15) is 0 Å². The van der Waals surface area contributed by atoms with Gasteiger partial charge in [-0.05, 0) is 75.6 Å². The summed E-state index contributed by atoms with van der Waals surface area (Å²) in [5.74, 6) is 0.250. The second-order valence-corrected chi connectivity index (χ2v) is 8.89. The number of carbonyl (C=O) groups is 1. The largest absolute Gasteiger partial charge is 0.494 e. The maximum atomic E-state index is 11.1. The van der Waals surface area contributed by atoms with Gasteiger partial charge >= 0.3 is 5.97 Å². The van der Waals surface area contributed by atoms with E-state index in [0.29, 0.717) is 0 Å². The molecule has 0 aliphatic rings. The van der Waals surface area contributed by atoms with E-state index in [1.54, 1.807) is 13.8 Å². The van der Waals surface area contributed by atoms with Crippen LogP contribution in [0.4, 0.5) is 0 Å². The van der Waals surface area contributed by atoms with Crippen LogP contribution in [0, 0.1) is 5.41 Å². The molecule has 0 spiro atoms. The molecule has 30 heavy (non-hydrogen) atoms. The predicted molar refractivity (Wildman–Crippen MR) is 124 cm³/mol. The number of aryl methyl sites for hydroxylation is 2. The summed E-state index contributed by atoms with van der Waals surface area (Å²) in [6.07, 6.45) is 10.8. The number of carboxylic acids is 1. The molecule has 0 heterocycles. The Labute approximate surface area is 182 Å². The monoisotopic (exact) mass is 410 g/mol. The van der Waals surface area contributed by atoms with Gasteiger partial charge in [-0.25, -0.2) is 0 Å². The third-order valence-electron chi connectivity index (χ3n) is 5.74. The second kappa shape index (κ2) is 13.1. The summed E-state index contributed by atoms with van der Waals surface area (Å²) in [6.45, 7) is 4.36. The van der Waals surface area contributed by atoms with E-state index in [1.165, 1.54) is 24.0 Å². The van der Waals surface area contributed by atoms with Gasteiger partial charge in [-0.1, -0.05) is 68.1 Å². The molecule has 0 aromatic heterocycles. The van der Waals surface area contributed by atoms with Crippen LogP contribution in [0.25, 0.3) is 0 Å². The fourth-order valence-electron chi connectivity index (χ4n) is 3.55. The quantitative estimate of drug-likeness (QED) is 0.319. The number of hydrogen-bond acceptors (Lipinski definition) is 2. The molecule has 0 saturated heterocycles. The minimum atomic E-state index is -0.700. The highest BCUT2D eigenvalue weighted by Gasteiger charge is 2.25. The van der Waals surface area contributed by atoms with Crippen molar-refractivity contribution in [1.82, 2.24) is 0 Å². The highest BCUT2D eigenvalue weighted by atomic mass is 16.5. The molecule has 0 aliphatic heterocycles. The molecule has 0 saturated carbocycles. The summed E-state index contributed by atoms with van der Waals surface area (Å²) in [5, 5.41) is 9.12. The smallest absolute Gasteiger partial charge is 0.309 e. The Morgan fingerprint density at radius 2 is 1.33 bits per heavy atom. The van der Waals surface area contributed by atoms with E-state index >= 15 is 0 Å². The second-order valence-electron chi connectivity index (χ2n) is 8.89. The molecule has 0 fully saturated rings. The van der Waals surface area contributed by atoms with E-state index in [4.69, 9.17) is 9.84 Å². The van der Waals surface area contributed by atoms with Crippen LogP contribution in [-0.2, 0) is 17.6 Å². The first kappa shape index (κ1) is 24.0. The van der Waals surface area contributed by atoms with E-state index in [2.05, 4.69) is 54.6 Å². The first-order valence-corrected chi connectivity index (χ1v) is 11.5. The Morgan fingerprint density at radius 3 is 1.97 bits per heavy atom. The number of carboxylic acid groups (broad SMARTS) is 1. The van der Waals surface area contributed by atoms with Crippen LogP contribution in [0.3, 0.4) is 0 Å². The SMILES string of the molecule is CC(C)(CCCCCCCOc1ccc(CCCCc2ccccc2)cc1)C(=O)O. The Kier molecular flexibility index (Phi) is 10.5. The zero-order valence-corrected chi connectivity index (χ0v) is 18.7. The first-order chi connectivity index (χ1) is 14.5. The van der Waals surface area contributed by atoms with Crippen molar-refractivity contribution in [2.45, 2.75) is 78.1 Å². The van der Waals surface area contributed by atoms with Crippen molar-refractivity contribution in [1.29, 1.82) is 0 Å². The summed E-state index contributed by atoms with van der Waals surface area (Å²) < 4.78 is 5.86. The molecule has 3 nitrogen and oxygen atoms in total. The van der Waals surface area contributed by atoms with Crippen LogP contribution in [0.2, 0.25) is 0 Å². The molecule has 0 radical (unpaired) electrons. The number of unbranched alkanes of at least 4 members (excludes halogenated alkanes) is 5. The van der Waals surface area contributed by atoms with Crippen molar-refractivity contribution in [2.24, 2.45) is 5.41 Å². The van der Waals surface area contributed by atoms with Crippen LogP contribution in [0.5, 0.6) is 5.75 Å². The van der Waals surface area contributed by atoms with Crippen LogP contribution >= 0.6 is 0 Å². The van der Waals surface area contributed by atoms with Crippen LogP contribution in [0.15, 0.2) is 54.6 Å². The zero-order valence-electron chi connectivity index (χ0n) is 18.7. The molecule has 0 unspecified atom stereocenters. The topological polar surface area (TPSA) is 46.5 Å². The van der Waals surface area contributed by atoms with E-state index in [1.807, 2.05) is 0 Å². The number of benzene rings is 2. The lowest BCUT2D eigenvalue weighted by molar-refractivity contribution is -0.147. The Bertz CT molecular complexity index is 720. The van der Waals surface area contributed by atoms with E-state index in [0.717, 1.165) is 63.7 Å². The summed E-state index contributed by atoms with van der Waals surface area (Å²) in [7, 11) is 0. The lowest BCUT2D eigenvalue weighted by Crippen LogP contribution is -2.23. The minimum Gasteiger partial charge on any atom is -0.494 e. The van der Waals surface area contributed by atoms with Crippen molar-refractivity contribution >= 4 is 5.97 Å². The van der Waals surface area contributed by atoms with E-state index < -0.39 is 11.4 Å². The summed E-state index contributed by atoms with van der Waals surface area (Å²) >= 11 is 0. The lowest BCUT2D eigenvalue weighted by atomic mass is 9.87. The van der Waals surface area contributed by atoms with E-state index in [-0.39, 0.29) is 0 Å². The molecule has 0 bridgehead atoms. The van der Waals surface area contributed by atoms with Crippen LogP contribution in [0.1, 0.15) is 76.3 Å². The molecule has 2 aromatic rings. The Balaban J connectivity index is 1.50. The maximum Gasteiger partial charge on any atom is 0.309 e. The molecule has 1 N–H and O–H groups in total. The van der Waals surface area contributed by atoms with Gasteiger partial charge in [0.2, 0.25) is 0 Å². The number of ether oxygens (including phenoxy) is 1. The molecule has 0 amide bonds.